The van der Waals surface area contributed by atoms with Crippen molar-refractivity contribution in [2.24, 2.45) is 0 Å². The Morgan fingerprint density at radius 2 is 1.69 bits per heavy atom. The summed E-state index contributed by atoms with van der Waals surface area (Å²) in [6.07, 6.45) is 3.31. The van der Waals surface area contributed by atoms with Gasteiger partial charge in [0.15, 0.2) is 4.77 Å². The molecule has 4 aromatic rings. The summed E-state index contributed by atoms with van der Waals surface area (Å²) in [5, 5.41) is 3.59. The molecule has 5 nitrogen and oxygen atoms in total. The minimum atomic E-state index is -0.209. The first-order valence-corrected chi connectivity index (χ1v) is 11.2. The van der Waals surface area contributed by atoms with Crippen molar-refractivity contribution in [3.8, 4) is 5.69 Å². The Bertz CT molecular complexity index is 1400. The largest absolute Gasteiger partial charge is 0.351 e. The molecule has 0 radical (unpaired) electrons. The van der Waals surface area contributed by atoms with Gasteiger partial charge in [0.25, 0.3) is 11.5 Å². The van der Waals surface area contributed by atoms with E-state index in [4.69, 9.17) is 12.2 Å². The number of hydrogen-bond donors (Lipinski definition) is 2. The maximum absolute atomic E-state index is 13.1. The van der Waals surface area contributed by atoms with Gasteiger partial charge >= 0.3 is 0 Å². The molecule has 1 aliphatic rings. The minimum Gasteiger partial charge on any atom is -0.351 e. The molecular formula is C26H23N3O2S. The number of H-pyrrole nitrogens is 1. The average Bonchev–Trinajstić information content (AvgIpc) is 2.79. The molecular weight excluding hydrogens is 418 g/mol. The number of benzene rings is 3. The molecule has 32 heavy (non-hydrogen) atoms. The first-order valence-electron chi connectivity index (χ1n) is 10.8. The van der Waals surface area contributed by atoms with E-state index in [0.29, 0.717) is 33.5 Å². The lowest BCUT2D eigenvalue weighted by Gasteiger charge is -2.42. The zero-order chi connectivity index (χ0) is 22.1. The lowest BCUT2D eigenvalue weighted by Crippen LogP contribution is -2.45. The van der Waals surface area contributed by atoms with Gasteiger partial charge < -0.3 is 10.3 Å². The van der Waals surface area contributed by atoms with Gasteiger partial charge in [-0.3, -0.25) is 14.2 Å². The monoisotopic (exact) mass is 441 g/mol. The van der Waals surface area contributed by atoms with E-state index in [1.54, 1.807) is 18.2 Å². The predicted molar refractivity (Wildman–Crippen MR) is 129 cm³/mol. The van der Waals surface area contributed by atoms with E-state index in [9.17, 15) is 9.59 Å². The van der Waals surface area contributed by atoms with Crippen LogP contribution in [0.15, 0.2) is 83.7 Å². The van der Waals surface area contributed by atoms with E-state index in [1.807, 2.05) is 48.5 Å². The molecule has 0 atom stereocenters. The van der Waals surface area contributed by atoms with Gasteiger partial charge in [-0.15, -0.1) is 0 Å². The fourth-order valence-corrected chi connectivity index (χ4v) is 4.78. The molecule has 3 aromatic carbocycles. The number of rotatable bonds is 5. The summed E-state index contributed by atoms with van der Waals surface area (Å²) in [6, 6.07) is 24.7. The van der Waals surface area contributed by atoms with Crippen LogP contribution in [-0.2, 0) is 5.41 Å². The number of aromatic amines is 1. The third-order valence-electron chi connectivity index (χ3n) is 6.46. The van der Waals surface area contributed by atoms with Gasteiger partial charge in [0, 0.05) is 17.5 Å². The standard InChI is InChI=1S/C26H23N3O2S/c30-23(27-17-26(14-7-15-26)19-8-3-1-4-9-19)18-12-13-21-22(16-18)28-25(32)29(24(21)31)20-10-5-2-6-11-20/h1-6,8-13,16H,7,14-15,17H2,(H,27,30)(H,28,32). The minimum absolute atomic E-state index is 0.0110. The smallest absolute Gasteiger partial charge is 0.266 e. The molecule has 6 heteroatoms. The van der Waals surface area contributed by atoms with Crippen molar-refractivity contribution in [2.75, 3.05) is 6.54 Å². The van der Waals surface area contributed by atoms with Gasteiger partial charge in [-0.2, -0.15) is 0 Å². The van der Waals surface area contributed by atoms with Gasteiger partial charge in [-0.05, 0) is 61.0 Å². The van der Waals surface area contributed by atoms with Crippen LogP contribution in [0.25, 0.3) is 16.6 Å². The summed E-state index contributed by atoms with van der Waals surface area (Å²) in [6.45, 7) is 0.597. The van der Waals surface area contributed by atoms with Crippen molar-refractivity contribution in [3.63, 3.8) is 0 Å². The highest BCUT2D eigenvalue weighted by Gasteiger charge is 2.38. The molecule has 1 heterocycles. The molecule has 0 bridgehead atoms. The summed E-state index contributed by atoms with van der Waals surface area (Å²) in [5.41, 5.74) is 2.84. The zero-order valence-corrected chi connectivity index (χ0v) is 18.3. The number of nitrogens with zero attached hydrogens (tertiary/aromatic N) is 1. The molecule has 1 aliphatic carbocycles. The van der Waals surface area contributed by atoms with E-state index in [1.165, 1.54) is 16.6 Å². The maximum Gasteiger partial charge on any atom is 0.266 e. The van der Waals surface area contributed by atoms with Crippen LogP contribution in [0.2, 0.25) is 0 Å². The van der Waals surface area contributed by atoms with Gasteiger partial charge in [0.05, 0.1) is 16.6 Å². The molecule has 1 amide bonds. The van der Waals surface area contributed by atoms with Crippen LogP contribution < -0.4 is 10.9 Å². The SMILES string of the molecule is O=C(NCC1(c2ccccc2)CCC1)c1ccc2c(=O)n(-c3ccccc3)c(=S)[nH]c2c1. The van der Waals surface area contributed by atoms with Crippen LogP contribution in [0, 0.1) is 4.77 Å². The number of para-hydroxylation sites is 1. The highest BCUT2D eigenvalue weighted by molar-refractivity contribution is 7.71. The molecule has 0 unspecified atom stereocenters. The Balaban J connectivity index is 1.42. The lowest BCUT2D eigenvalue weighted by atomic mass is 9.64. The van der Waals surface area contributed by atoms with Crippen LogP contribution in [0.1, 0.15) is 35.2 Å². The van der Waals surface area contributed by atoms with Crippen LogP contribution in [0.3, 0.4) is 0 Å². The second-order valence-corrected chi connectivity index (χ2v) is 8.74. The number of nitrogens with one attached hydrogen (secondary N) is 2. The summed E-state index contributed by atoms with van der Waals surface area (Å²) in [4.78, 5) is 29.1. The Morgan fingerprint density at radius 1 is 1.00 bits per heavy atom. The molecule has 5 rings (SSSR count). The number of carbonyl (C=O) groups excluding carboxylic acids is 1. The summed E-state index contributed by atoms with van der Waals surface area (Å²) >= 11 is 5.44. The van der Waals surface area contributed by atoms with Crippen molar-refractivity contribution in [3.05, 3.63) is 105 Å². The van der Waals surface area contributed by atoms with Crippen molar-refractivity contribution < 1.29 is 4.79 Å². The Labute approximate surface area is 190 Å². The van der Waals surface area contributed by atoms with Gasteiger partial charge in [0.1, 0.15) is 0 Å². The second-order valence-electron chi connectivity index (χ2n) is 8.35. The third kappa shape index (κ3) is 3.56. The molecule has 1 aromatic heterocycles. The zero-order valence-electron chi connectivity index (χ0n) is 17.5. The van der Waals surface area contributed by atoms with Crippen LogP contribution >= 0.6 is 12.2 Å². The van der Waals surface area contributed by atoms with E-state index >= 15 is 0 Å². The molecule has 1 saturated carbocycles. The Morgan fingerprint density at radius 3 is 2.34 bits per heavy atom. The van der Waals surface area contributed by atoms with Gasteiger partial charge in [-0.25, -0.2) is 0 Å². The fourth-order valence-electron chi connectivity index (χ4n) is 4.49. The van der Waals surface area contributed by atoms with Crippen LogP contribution in [0.5, 0.6) is 0 Å². The third-order valence-corrected chi connectivity index (χ3v) is 6.74. The predicted octanol–water partition coefficient (Wildman–Crippen LogP) is 4.90. The number of aromatic nitrogens is 2. The summed E-state index contributed by atoms with van der Waals surface area (Å²) < 4.78 is 1.77. The van der Waals surface area contributed by atoms with E-state index in [-0.39, 0.29) is 16.9 Å². The molecule has 0 aliphatic heterocycles. The normalized spacial score (nSPS) is 14.6. The summed E-state index contributed by atoms with van der Waals surface area (Å²) in [5.74, 6) is -0.152. The molecule has 0 saturated heterocycles. The topological polar surface area (TPSA) is 66.9 Å². The van der Waals surface area contributed by atoms with Gasteiger partial charge in [0.2, 0.25) is 0 Å². The highest BCUT2D eigenvalue weighted by atomic mass is 32.1. The molecule has 1 fully saturated rings. The molecule has 2 N–H and O–H groups in total. The Kier molecular flexibility index (Phi) is 5.23. The second kappa shape index (κ2) is 8.20. The van der Waals surface area contributed by atoms with E-state index < -0.39 is 0 Å². The average molecular weight is 442 g/mol. The fraction of sp³-hybridized carbons (Fsp3) is 0.192. The quantitative estimate of drug-likeness (QED) is 0.433. The van der Waals surface area contributed by atoms with E-state index in [2.05, 4.69) is 22.4 Å². The number of hydrogen-bond acceptors (Lipinski definition) is 3. The molecule has 160 valence electrons. The number of carbonyl (C=O) groups is 1. The highest BCUT2D eigenvalue weighted by Crippen LogP contribution is 2.43. The number of amides is 1. The van der Waals surface area contributed by atoms with Crippen molar-refractivity contribution in [1.82, 2.24) is 14.9 Å². The van der Waals surface area contributed by atoms with Crippen LogP contribution in [-0.4, -0.2) is 22.0 Å². The van der Waals surface area contributed by atoms with Crippen molar-refractivity contribution in [2.45, 2.75) is 24.7 Å². The van der Waals surface area contributed by atoms with Crippen molar-refractivity contribution >= 4 is 29.0 Å². The Hall–Kier alpha value is -3.51. The van der Waals surface area contributed by atoms with Crippen LogP contribution in [0.4, 0.5) is 0 Å². The number of fused-ring (bicyclic) bond motifs is 1. The van der Waals surface area contributed by atoms with Crippen molar-refractivity contribution in [1.29, 1.82) is 0 Å². The molecule has 0 spiro atoms. The summed E-state index contributed by atoms with van der Waals surface area (Å²) in [7, 11) is 0. The first kappa shape index (κ1) is 20.4. The first-order chi connectivity index (χ1) is 15.6. The van der Waals surface area contributed by atoms with E-state index in [0.717, 1.165) is 12.8 Å². The van der Waals surface area contributed by atoms with Gasteiger partial charge in [-0.1, -0.05) is 55.0 Å². The maximum atomic E-state index is 13.1. The lowest BCUT2D eigenvalue weighted by molar-refractivity contribution is 0.0928.